The average molecular weight is 213 g/mol. The molecule has 0 saturated heterocycles. The number of H-pyrrole nitrogens is 1. The van der Waals surface area contributed by atoms with Crippen molar-refractivity contribution < 1.29 is 0 Å². The minimum absolute atomic E-state index is 0.696. The van der Waals surface area contributed by atoms with Crippen LogP contribution in [0.4, 0.5) is 0 Å². The topological polar surface area (TPSA) is 40.7 Å². The molecule has 3 heterocycles. The molecular formula is C13H15N3. The van der Waals surface area contributed by atoms with E-state index < -0.39 is 0 Å². The van der Waals surface area contributed by atoms with E-state index in [1.807, 2.05) is 12.3 Å². The van der Waals surface area contributed by atoms with E-state index in [1.54, 1.807) is 0 Å². The molecule has 16 heavy (non-hydrogen) atoms. The van der Waals surface area contributed by atoms with Gasteiger partial charge in [-0.3, -0.25) is 0 Å². The molecule has 0 saturated carbocycles. The highest BCUT2D eigenvalue weighted by Gasteiger charge is 2.15. The first-order chi connectivity index (χ1) is 7.84. The first-order valence-electron chi connectivity index (χ1n) is 5.69. The van der Waals surface area contributed by atoms with Crippen molar-refractivity contribution in [3.63, 3.8) is 0 Å². The van der Waals surface area contributed by atoms with Crippen LogP contribution in [0, 0.1) is 5.92 Å². The van der Waals surface area contributed by atoms with E-state index in [1.165, 1.54) is 16.5 Å². The number of nitrogens with zero attached hydrogens (tertiary/aromatic N) is 1. The van der Waals surface area contributed by atoms with Crippen LogP contribution in [0.25, 0.3) is 16.6 Å². The summed E-state index contributed by atoms with van der Waals surface area (Å²) in [5.74, 6) is 0.696. The van der Waals surface area contributed by atoms with Gasteiger partial charge in [0.05, 0.1) is 0 Å². The van der Waals surface area contributed by atoms with Crippen LogP contribution in [0.1, 0.15) is 18.9 Å². The molecule has 0 unspecified atom stereocenters. The lowest BCUT2D eigenvalue weighted by Gasteiger charge is -2.20. The van der Waals surface area contributed by atoms with E-state index in [9.17, 15) is 0 Å². The Labute approximate surface area is 94.6 Å². The molecule has 3 heteroatoms. The van der Waals surface area contributed by atoms with Crippen molar-refractivity contribution in [2.75, 3.05) is 6.54 Å². The number of aromatic amines is 1. The van der Waals surface area contributed by atoms with Gasteiger partial charge in [-0.15, -0.1) is 0 Å². The molecule has 0 aliphatic carbocycles. The van der Waals surface area contributed by atoms with Gasteiger partial charge in [-0.2, -0.15) is 0 Å². The van der Waals surface area contributed by atoms with Gasteiger partial charge in [0, 0.05) is 36.1 Å². The number of rotatable bonds is 1. The molecule has 0 fully saturated rings. The Morgan fingerprint density at radius 3 is 3.25 bits per heavy atom. The maximum atomic E-state index is 4.31. The van der Waals surface area contributed by atoms with Gasteiger partial charge in [-0.25, -0.2) is 4.98 Å². The van der Waals surface area contributed by atoms with Crippen LogP contribution in [0.5, 0.6) is 0 Å². The Morgan fingerprint density at radius 1 is 1.44 bits per heavy atom. The van der Waals surface area contributed by atoms with Gasteiger partial charge in [-0.1, -0.05) is 6.92 Å². The van der Waals surface area contributed by atoms with E-state index in [-0.39, 0.29) is 0 Å². The monoisotopic (exact) mass is 213 g/mol. The van der Waals surface area contributed by atoms with Crippen molar-refractivity contribution in [3.8, 4) is 0 Å². The number of allylic oxidation sites excluding steroid dienone is 1. The Hall–Kier alpha value is -1.77. The summed E-state index contributed by atoms with van der Waals surface area (Å²) in [6.07, 6.45) is 7.15. The molecule has 3 rings (SSSR count). The molecule has 0 bridgehead atoms. The normalized spacial score (nSPS) is 20.6. The number of hydrogen-bond donors (Lipinski definition) is 2. The maximum absolute atomic E-state index is 4.31. The largest absolute Gasteiger partial charge is 0.390 e. The molecule has 1 aliphatic rings. The molecule has 3 nitrogen and oxygen atoms in total. The summed E-state index contributed by atoms with van der Waals surface area (Å²) in [7, 11) is 0. The first-order valence-corrected chi connectivity index (χ1v) is 5.69. The second-order valence-electron chi connectivity index (χ2n) is 4.49. The molecule has 0 aromatic carbocycles. The molecule has 2 aromatic rings. The summed E-state index contributed by atoms with van der Waals surface area (Å²) in [6.45, 7) is 3.34. The van der Waals surface area contributed by atoms with Crippen molar-refractivity contribution in [2.24, 2.45) is 5.92 Å². The molecule has 0 amide bonds. The lowest BCUT2D eigenvalue weighted by Crippen LogP contribution is -2.21. The van der Waals surface area contributed by atoms with Gasteiger partial charge < -0.3 is 10.3 Å². The number of nitrogens with one attached hydrogen (secondary N) is 2. The molecule has 2 N–H and O–H groups in total. The van der Waals surface area contributed by atoms with Crippen LogP contribution in [-0.4, -0.2) is 16.5 Å². The lowest BCUT2D eigenvalue weighted by molar-refractivity contribution is 0.551. The van der Waals surface area contributed by atoms with Gasteiger partial charge in [0.2, 0.25) is 0 Å². The van der Waals surface area contributed by atoms with Crippen molar-refractivity contribution in [2.45, 2.75) is 13.3 Å². The first kappa shape index (κ1) is 9.46. The van der Waals surface area contributed by atoms with Crippen molar-refractivity contribution in [1.82, 2.24) is 15.3 Å². The fourth-order valence-corrected chi connectivity index (χ4v) is 2.30. The smallest absolute Gasteiger partial charge is 0.137 e. The number of aromatic nitrogens is 2. The summed E-state index contributed by atoms with van der Waals surface area (Å²) >= 11 is 0. The van der Waals surface area contributed by atoms with E-state index in [4.69, 9.17) is 0 Å². The molecule has 0 spiro atoms. The minimum atomic E-state index is 0.696. The summed E-state index contributed by atoms with van der Waals surface area (Å²) in [6, 6.07) is 4.11. The molecule has 1 aliphatic heterocycles. The molecule has 0 radical (unpaired) electrons. The van der Waals surface area contributed by atoms with Crippen molar-refractivity contribution in [1.29, 1.82) is 0 Å². The zero-order chi connectivity index (χ0) is 11.0. The van der Waals surface area contributed by atoms with Crippen LogP contribution < -0.4 is 5.32 Å². The van der Waals surface area contributed by atoms with E-state index in [2.05, 4.69) is 40.7 Å². The Bertz CT molecular complexity index is 539. The van der Waals surface area contributed by atoms with Gasteiger partial charge in [0.15, 0.2) is 0 Å². The van der Waals surface area contributed by atoms with Crippen LogP contribution >= 0.6 is 0 Å². The standard InChI is InChI=1S/C13H15N3/c1-9-5-10(7-14-6-9)12-8-16-13-11(12)3-2-4-15-13/h2-4,7-9,14H,5-6H2,1H3,(H,15,16)/t9-/m0/s1. The van der Waals surface area contributed by atoms with Crippen LogP contribution in [-0.2, 0) is 0 Å². The quantitative estimate of drug-likeness (QED) is 0.764. The Morgan fingerprint density at radius 2 is 2.38 bits per heavy atom. The fourth-order valence-electron chi connectivity index (χ4n) is 2.30. The second-order valence-corrected chi connectivity index (χ2v) is 4.49. The summed E-state index contributed by atoms with van der Waals surface area (Å²) in [5.41, 5.74) is 3.62. The SMILES string of the molecule is C[C@@H]1CNC=C(c2c[nH]c3ncccc23)C1. The van der Waals surface area contributed by atoms with Gasteiger partial charge >= 0.3 is 0 Å². The van der Waals surface area contributed by atoms with E-state index in [0.717, 1.165) is 18.6 Å². The van der Waals surface area contributed by atoms with Crippen LogP contribution in [0.3, 0.4) is 0 Å². The summed E-state index contributed by atoms with van der Waals surface area (Å²) in [5, 5.41) is 4.55. The second kappa shape index (κ2) is 3.67. The number of fused-ring (bicyclic) bond motifs is 1. The third kappa shape index (κ3) is 1.48. The molecule has 2 aromatic heterocycles. The summed E-state index contributed by atoms with van der Waals surface area (Å²) < 4.78 is 0. The van der Waals surface area contributed by atoms with Crippen molar-refractivity contribution in [3.05, 3.63) is 36.3 Å². The zero-order valence-electron chi connectivity index (χ0n) is 9.33. The minimum Gasteiger partial charge on any atom is -0.390 e. The third-order valence-corrected chi connectivity index (χ3v) is 3.11. The fraction of sp³-hybridized carbons (Fsp3) is 0.308. The molecule has 1 atom stereocenters. The molecule has 82 valence electrons. The zero-order valence-corrected chi connectivity index (χ0v) is 9.33. The van der Waals surface area contributed by atoms with Crippen LogP contribution in [0.2, 0.25) is 0 Å². The van der Waals surface area contributed by atoms with Gasteiger partial charge in [0.25, 0.3) is 0 Å². The lowest BCUT2D eigenvalue weighted by atomic mass is 9.94. The van der Waals surface area contributed by atoms with Crippen molar-refractivity contribution >= 4 is 16.6 Å². The van der Waals surface area contributed by atoms with E-state index in [0.29, 0.717) is 5.92 Å². The van der Waals surface area contributed by atoms with E-state index >= 15 is 0 Å². The average Bonchev–Trinajstić information content (AvgIpc) is 2.72. The highest BCUT2D eigenvalue weighted by molar-refractivity contribution is 5.90. The number of pyridine rings is 1. The van der Waals surface area contributed by atoms with Gasteiger partial charge in [-0.05, 0) is 30.0 Å². The number of hydrogen-bond acceptors (Lipinski definition) is 2. The molecular weight excluding hydrogens is 198 g/mol. The predicted octanol–water partition coefficient (Wildman–Crippen LogP) is 2.53. The highest BCUT2D eigenvalue weighted by atomic mass is 14.9. The Kier molecular flexibility index (Phi) is 2.17. The van der Waals surface area contributed by atoms with Gasteiger partial charge in [0.1, 0.15) is 5.65 Å². The summed E-state index contributed by atoms with van der Waals surface area (Å²) in [4.78, 5) is 7.53. The van der Waals surface area contributed by atoms with Crippen LogP contribution in [0.15, 0.2) is 30.7 Å². The maximum Gasteiger partial charge on any atom is 0.137 e. The Balaban J connectivity index is 2.09. The predicted molar refractivity (Wildman–Crippen MR) is 65.9 cm³/mol. The third-order valence-electron chi connectivity index (χ3n) is 3.11. The highest BCUT2D eigenvalue weighted by Crippen LogP contribution is 2.29.